The quantitative estimate of drug-likeness (QED) is 0.859. The molecule has 0 radical (unpaired) electrons. The molecule has 0 saturated heterocycles. The van der Waals surface area contributed by atoms with E-state index in [2.05, 4.69) is 10.3 Å². The van der Waals surface area contributed by atoms with Crippen LogP contribution >= 0.6 is 0 Å². The molecule has 3 N–H and O–H groups in total. The van der Waals surface area contributed by atoms with Crippen molar-refractivity contribution in [1.82, 2.24) is 4.98 Å². The highest BCUT2D eigenvalue weighted by Gasteiger charge is 2.03. The molecule has 0 aliphatic rings. The minimum absolute atomic E-state index is 0.188. The summed E-state index contributed by atoms with van der Waals surface area (Å²) in [6, 6.07) is 6.67. The molecule has 1 aromatic heterocycles. The van der Waals surface area contributed by atoms with Crippen molar-refractivity contribution in [3.05, 3.63) is 53.7 Å². The number of hydrogen-bond acceptors (Lipinski definition) is 3. The van der Waals surface area contributed by atoms with Gasteiger partial charge in [-0.25, -0.2) is 13.8 Å². The van der Waals surface area contributed by atoms with Crippen LogP contribution < -0.4 is 11.1 Å². The average molecular weight is 235 g/mol. The number of halogens is 2. The summed E-state index contributed by atoms with van der Waals surface area (Å²) in [5.74, 6) is -0.534. The molecular weight excluding hydrogens is 224 g/mol. The normalized spacial score (nSPS) is 10.2. The van der Waals surface area contributed by atoms with Crippen LogP contribution in [0.4, 0.5) is 20.3 Å². The fourth-order valence-electron chi connectivity index (χ4n) is 1.43. The van der Waals surface area contributed by atoms with Gasteiger partial charge >= 0.3 is 0 Å². The first-order valence-corrected chi connectivity index (χ1v) is 5.04. The first-order chi connectivity index (χ1) is 8.15. The van der Waals surface area contributed by atoms with Gasteiger partial charge in [-0.1, -0.05) is 0 Å². The minimum atomic E-state index is -0.461. The Morgan fingerprint density at radius 2 is 2.00 bits per heavy atom. The van der Waals surface area contributed by atoms with Crippen LogP contribution in [0.25, 0.3) is 0 Å². The maximum atomic E-state index is 13.3. The predicted octanol–water partition coefficient (Wildman–Crippen LogP) is 2.55. The van der Waals surface area contributed by atoms with E-state index in [0.29, 0.717) is 11.5 Å². The Morgan fingerprint density at radius 3 is 2.76 bits per heavy atom. The number of pyridine rings is 1. The smallest absolute Gasteiger partial charge is 0.128 e. The summed E-state index contributed by atoms with van der Waals surface area (Å²) in [5.41, 5.74) is 6.47. The van der Waals surface area contributed by atoms with Crippen LogP contribution in [-0.4, -0.2) is 4.98 Å². The van der Waals surface area contributed by atoms with Crippen LogP contribution in [0.2, 0.25) is 0 Å². The molecule has 17 heavy (non-hydrogen) atoms. The number of nitrogens with one attached hydrogen (secondary N) is 1. The standard InChI is InChI=1S/C12H11F2N3/c13-9-1-2-11(14)8(5-9)7-17-10-3-4-16-12(15)6-10/h1-6H,7H2,(H3,15,16,17). The maximum Gasteiger partial charge on any atom is 0.128 e. The van der Waals surface area contributed by atoms with E-state index >= 15 is 0 Å². The van der Waals surface area contributed by atoms with E-state index in [9.17, 15) is 8.78 Å². The van der Waals surface area contributed by atoms with E-state index in [-0.39, 0.29) is 12.1 Å². The third-order valence-corrected chi connectivity index (χ3v) is 2.27. The molecule has 2 rings (SSSR count). The predicted molar refractivity (Wildman–Crippen MR) is 62.3 cm³/mol. The van der Waals surface area contributed by atoms with Crippen LogP contribution in [0.5, 0.6) is 0 Å². The molecule has 0 aliphatic heterocycles. The second kappa shape index (κ2) is 4.78. The monoisotopic (exact) mass is 235 g/mol. The van der Waals surface area contributed by atoms with E-state index in [4.69, 9.17) is 5.73 Å². The highest BCUT2D eigenvalue weighted by atomic mass is 19.1. The largest absolute Gasteiger partial charge is 0.384 e. The zero-order valence-corrected chi connectivity index (χ0v) is 8.95. The number of hydrogen-bond donors (Lipinski definition) is 2. The van der Waals surface area contributed by atoms with Crippen molar-refractivity contribution in [3.8, 4) is 0 Å². The van der Waals surface area contributed by atoms with Crippen molar-refractivity contribution < 1.29 is 8.78 Å². The Bertz CT molecular complexity index is 529. The van der Waals surface area contributed by atoms with Crippen LogP contribution in [0.1, 0.15) is 5.56 Å². The van der Waals surface area contributed by atoms with E-state index in [0.717, 1.165) is 18.2 Å². The molecule has 0 amide bonds. The van der Waals surface area contributed by atoms with Crippen molar-refractivity contribution in [2.45, 2.75) is 6.54 Å². The fourth-order valence-corrected chi connectivity index (χ4v) is 1.43. The first-order valence-electron chi connectivity index (χ1n) is 5.04. The molecule has 0 unspecified atom stereocenters. The fraction of sp³-hybridized carbons (Fsp3) is 0.0833. The summed E-state index contributed by atoms with van der Waals surface area (Å²) >= 11 is 0. The number of benzene rings is 1. The van der Waals surface area contributed by atoms with Gasteiger partial charge in [-0.3, -0.25) is 0 Å². The van der Waals surface area contributed by atoms with Crippen molar-refractivity contribution in [1.29, 1.82) is 0 Å². The number of nitrogens with zero attached hydrogens (tertiary/aromatic N) is 1. The van der Waals surface area contributed by atoms with E-state index in [1.165, 1.54) is 0 Å². The summed E-state index contributed by atoms with van der Waals surface area (Å²) < 4.78 is 26.2. The molecule has 1 aromatic carbocycles. The zero-order chi connectivity index (χ0) is 12.3. The van der Waals surface area contributed by atoms with Gasteiger partial charge in [0.2, 0.25) is 0 Å². The van der Waals surface area contributed by atoms with Crippen LogP contribution in [0.3, 0.4) is 0 Å². The summed E-state index contributed by atoms with van der Waals surface area (Å²) in [6.07, 6.45) is 1.54. The Labute approximate surface area is 97.3 Å². The molecule has 1 heterocycles. The summed E-state index contributed by atoms with van der Waals surface area (Å²) in [6.45, 7) is 0.188. The van der Waals surface area contributed by atoms with Gasteiger partial charge < -0.3 is 11.1 Å². The second-order valence-electron chi connectivity index (χ2n) is 3.56. The molecule has 0 spiro atoms. The van der Waals surface area contributed by atoms with Crippen molar-refractivity contribution in [2.75, 3.05) is 11.1 Å². The van der Waals surface area contributed by atoms with Crippen molar-refractivity contribution in [3.63, 3.8) is 0 Å². The highest BCUT2D eigenvalue weighted by molar-refractivity contribution is 5.49. The molecular formula is C12H11F2N3. The molecule has 0 atom stereocenters. The number of nitrogen functional groups attached to an aromatic ring is 1. The topological polar surface area (TPSA) is 50.9 Å². The Kier molecular flexibility index (Phi) is 3.18. The molecule has 0 bridgehead atoms. The molecule has 3 nitrogen and oxygen atoms in total. The van der Waals surface area contributed by atoms with Crippen molar-refractivity contribution >= 4 is 11.5 Å². The lowest BCUT2D eigenvalue weighted by Crippen LogP contribution is -2.03. The molecule has 0 fully saturated rings. The minimum Gasteiger partial charge on any atom is -0.384 e. The maximum absolute atomic E-state index is 13.3. The Balaban J connectivity index is 2.09. The highest BCUT2D eigenvalue weighted by Crippen LogP contribution is 2.14. The SMILES string of the molecule is Nc1cc(NCc2cc(F)ccc2F)ccn1. The van der Waals surface area contributed by atoms with Crippen LogP contribution in [0.15, 0.2) is 36.5 Å². The summed E-state index contributed by atoms with van der Waals surface area (Å²) in [4.78, 5) is 3.83. The molecule has 5 heteroatoms. The Hall–Kier alpha value is -2.17. The third kappa shape index (κ3) is 2.90. The lowest BCUT2D eigenvalue weighted by molar-refractivity contribution is 0.587. The summed E-state index contributed by atoms with van der Waals surface area (Å²) in [7, 11) is 0. The third-order valence-electron chi connectivity index (χ3n) is 2.27. The van der Waals surface area contributed by atoms with Gasteiger partial charge in [0.15, 0.2) is 0 Å². The zero-order valence-electron chi connectivity index (χ0n) is 8.95. The van der Waals surface area contributed by atoms with Gasteiger partial charge in [-0.2, -0.15) is 0 Å². The molecule has 2 aromatic rings. The molecule has 0 aliphatic carbocycles. The lowest BCUT2D eigenvalue weighted by atomic mass is 10.2. The number of aromatic nitrogens is 1. The number of anilines is 2. The van der Waals surface area contributed by atoms with Gasteiger partial charge in [0.1, 0.15) is 17.5 Å². The van der Waals surface area contributed by atoms with Gasteiger partial charge in [-0.15, -0.1) is 0 Å². The van der Waals surface area contributed by atoms with E-state index in [1.54, 1.807) is 18.3 Å². The van der Waals surface area contributed by atoms with E-state index < -0.39 is 11.6 Å². The average Bonchev–Trinajstić information content (AvgIpc) is 2.30. The van der Waals surface area contributed by atoms with Gasteiger partial charge in [0, 0.05) is 30.1 Å². The Morgan fingerprint density at radius 1 is 1.18 bits per heavy atom. The summed E-state index contributed by atoms with van der Waals surface area (Å²) in [5, 5.41) is 2.94. The van der Waals surface area contributed by atoms with Crippen LogP contribution in [0, 0.1) is 11.6 Å². The van der Waals surface area contributed by atoms with Gasteiger partial charge in [0.05, 0.1) is 0 Å². The molecule has 88 valence electrons. The molecule has 0 saturated carbocycles. The van der Waals surface area contributed by atoms with Crippen LogP contribution in [-0.2, 0) is 6.54 Å². The first kappa shape index (κ1) is 11.3. The number of nitrogens with two attached hydrogens (primary N) is 1. The lowest BCUT2D eigenvalue weighted by Gasteiger charge is -2.07. The number of rotatable bonds is 3. The second-order valence-corrected chi connectivity index (χ2v) is 3.56. The van der Waals surface area contributed by atoms with E-state index in [1.807, 2.05) is 0 Å². The van der Waals surface area contributed by atoms with Gasteiger partial charge in [-0.05, 0) is 24.3 Å². The van der Waals surface area contributed by atoms with Crippen molar-refractivity contribution in [2.24, 2.45) is 0 Å². The van der Waals surface area contributed by atoms with Gasteiger partial charge in [0.25, 0.3) is 0 Å².